The van der Waals surface area contributed by atoms with Gasteiger partial charge in [0.2, 0.25) is 0 Å². The Hall–Kier alpha value is -4.32. The van der Waals surface area contributed by atoms with E-state index in [-0.39, 0.29) is 16.1 Å². The minimum Gasteiger partial charge on any atom is -0.478 e. The van der Waals surface area contributed by atoms with Crippen molar-refractivity contribution in [1.29, 1.82) is 0 Å². The molecule has 0 fully saturated rings. The van der Waals surface area contributed by atoms with Gasteiger partial charge in [0.05, 0.1) is 0 Å². The van der Waals surface area contributed by atoms with E-state index in [0.717, 1.165) is 32.2 Å². The topological polar surface area (TPSA) is 131 Å². The van der Waals surface area contributed by atoms with Gasteiger partial charge in [0.15, 0.2) is 0 Å². The molecule has 0 aliphatic heterocycles. The van der Waals surface area contributed by atoms with Crippen molar-refractivity contribution in [1.82, 2.24) is 0 Å². The zero-order chi connectivity index (χ0) is 31.3. The number of hydrogen-bond acceptors (Lipinski definition) is 8. The molecule has 0 aliphatic rings. The minimum absolute atomic E-state index is 0.00301. The first-order valence-electron chi connectivity index (χ1n) is 13.4. The number of nitrogens with one attached hydrogen (secondary N) is 2. The van der Waals surface area contributed by atoms with E-state index >= 15 is 0 Å². The zero-order valence-electron chi connectivity index (χ0n) is 24.4. The molecule has 11 heteroatoms. The number of benzene rings is 2. The highest BCUT2D eigenvalue weighted by molar-refractivity contribution is 7.17. The summed E-state index contributed by atoms with van der Waals surface area (Å²) in [7, 11) is 0. The van der Waals surface area contributed by atoms with Crippen molar-refractivity contribution in [2.24, 2.45) is 0 Å². The summed E-state index contributed by atoms with van der Waals surface area (Å²) in [5.41, 5.74) is 2.25. The van der Waals surface area contributed by atoms with Crippen LogP contribution in [0.25, 0.3) is 22.3 Å². The van der Waals surface area contributed by atoms with Crippen molar-refractivity contribution >= 4 is 56.4 Å². The Morgan fingerprint density at radius 3 is 1.56 bits per heavy atom. The molecule has 2 aromatic heterocycles. The van der Waals surface area contributed by atoms with Gasteiger partial charge in [-0.25, -0.2) is 9.59 Å². The predicted octanol–water partition coefficient (Wildman–Crippen LogP) is 7.01. The molecule has 0 bridgehead atoms. The number of esters is 1. The minimum atomic E-state index is -1.17. The second-order valence-electron chi connectivity index (χ2n) is 10.6. The first kappa shape index (κ1) is 31.6. The number of carboxylic acid groups (broad SMARTS) is 1. The number of carboxylic acids is 1. The number of aromatic carboxylic acids is 1. The fourth-order valence-corrected chi connectivity index (χ4v) is 6.63. The molecule has 0 radical (unpaired) electrons. The van der Waals surface area contributed by atoms with E-state index in [1.807, 2.05) is 55.5 Å². The third kappa shape index (κ3) is 7.75. The Bertz CT molecular complexity index is 1650. The fourth-order valence-electron chi connectivity index (χ4n) is 4.46. The maximum Gasteiger partial charge on any atom is 0.342 e. The lowest BCUT2D eigenvalue weighted by molar-refractivity contribution is -0.125. The largest absolute Gasteiger partial charge is 0.478 e. The van der Waals surface area contributed by atoms with Gasteiger partial charge < -0.3 is 25.2 Å². The molecule has 0 saturated carbocycles. The smallest absolute Gasteiger partial charge is 0.342 e. The Labute approximate surface area is 257 Å². The number of carbonyl (C=O) groups excluding carboxylic acids is 3. The molecule has 0 spiro atoms. The average molecular weight is 621 g/mol. The summed E-state index contributed by atoms with van der Waals surface area (Å²) < 4.78 is 11.0. The highest BCUT2D eigenvalue weighted by atomic mass is 32.1. The Kier molecular flexibility index (Phi) is 9.80. The maximum absolute atomic E-state index is 13.2. The van der Waals surface area contributed by atoms with E-state index in [4.69, 9.17) is 9.47 Å². The molecule has 2 amide bonds. The van der Waals surface area contributed by atoms with Crippen molar-refractivity contribution in [3.8, 4) is 22.3 Å². The van der Waals surface area contributed by atoms with Crippen LogP contribution in [0, 0.1) is 13.8 Å². The third-order valence-electron chi connectivity index (χ3n) is 6.08. The Morgan fingerprint density at radius 1 is 0.721 bits per heavy atom. The lowest BCUT2D eigenvalue weighted by Crippen LogP contribution is -2.26. The quantitative estimate of drug-likeness (QED) is 0.163. The molecule has 4 aromatic rings. The van der Waals surface area contributed by atoms with Gasteiger partial charge in [0.1, 0.15) is 39.9 Å². The molecular formula is C32H32N2O7S2. The summed E-state index contributed by atoms with van der Waals surface area (Å²) in [4.78, 5) is 52.4. The fraction of sp³-hybridized carbons (Fsp3) is 0.250. The van der Waals surface area contributed by atoms with Crippen LogP contribution in [0.4, 0.5) is 10.0 Å². The van der Waals surface area contributed by atoms with E-state index in [9.17, 15) is 24.3 Å². The molecule has 43 heavy (non-hydrogen) atoms. The van der Waals surface area contributed by atoms with Crippen molar-refractivity contribution in [3.05, 3.63) is 81.5 Å². The second kappa shape index (κ2) is 13.3. The van der Waals surface area contributed by atoms with Gasteiger partial charge in [0, 0.05) is 20.9 Å². The van der Waals surface area contributed by atoms with Crippen molar-refractivity contribution in [2.45, 2.75) is 40.2 Å². The van der Waals surface area contributed by atoms with Crippen LogP contribution in [-0.2, 0) is 19.1 Å². The maximum atomic E-state index is 13.2. The average Bonchev–Trinajstić information content (AvgIpc) is 3.44. The first-order valence-corrected chi connectivity index (χ1v) is 15.0. The van der Waals surface area contributed by atoms with Crippen molar-refractivity contribution in [2.75, 3.05) is 23.8 Å². The van der Waals surface area contributed by atoms with Crippen molar-refractivity contribution in [3.63, 3.8) is 0 Å². The Morgan fingerprint density at radius 2 is 1.14 bits per heavy atom. The molecular weight excluding hydrogens is 588 g/mol. The standard InChI is InChI=1S/C32H32N2O7S2/c1-18-24(20-12-8-6-9-13-20)26(30(37)38)28(42-18)33-22(35)16-40-17-23(36)34-29-27(31(39)41-32(3,4)5)25(19(2)43-29)21-14-10-7-11-15-21/h6-15H,16-17H2,1-5H3,(H,33,35)(H,34,36)(H,37,38). The van der Waals surface area contributed by atoms with Gasteiger partial charge >= 0.3 is 11.9 Å². The van der Waals surface area contributed by atoms with Crippen LogP contribution >= 0.6 is 22.7 Å². The SMILES string of the molecule is Cc1sc(NC(=O)COCC(=O)Nc2sc(C)c(-c3ccccc3)c2C(=O)OC(C)(C)C)c(C(=O)O)c1-c1ccccc1. The van der Waals surface area contributed by atoms with E-state index in [1.165, 1.54) is 11.3 Å². The molecule has 224 valence electrons. The van der Waals surface area contributed by atoms with Gasteiger partial charge in [-0.1, -0.05) is 60.7 Å². The summed E-state index contributed by atoms with van der Waals surface area (Å²) in [5.74, 6) is -2.91. The summed E-state index contributed by atoms with van der Waals surface area (Å²) in [5, 5.41) is 15.7. The number of ether oxygens (including phenoxy) is 2. The van der Waals surface area contributed by atoms with Gasteiger partial charge in [0.25, 0.3) is 11.8 Å². The van der Waals surface area contributed by atoms with Gasteiger partial charge in [-0.3, -0.25) is 9.59 Å². The van der Waals surface area contributed by atoms with Crippen LogP contribution in [0.3, 0.4) is 0 Å². The summed E-state index contributed by atoms with van der Waals surface area (Å²) in [6.07, 6.45) is 0. The van der Waals surface area contributed by atoms with Crippen LogP contribution in [0.2, 0.25) is 0 Å². The highest BCUT2D eigenvalue weighted by Crippen LogP contribution is 2.41. The number of thiophene rings is 2. The van der Waals surface area contributed by atoms with E-state index < -0.39 is 42.6 Å². The molecule has 4 rings (SSSR count). The summed E-state index contributed by atoms with van der Waals surface area (Å²) in [6, 6.07) is 18.4. The van der Waals surface area contributed by atoms with E-state index in [1.54, 1.807) is 39.8 Å². The van der Waals surface area contributed by atoms with Crippen LogP contribution in [0.5, 0.6) is 0 Å². The zero-order valence-corrected chi connectivity index (χ0v) is 26.0. The Balaban J connectivity index is 1.44. The van der Waals surface area contributed by atoms with Gasteiger partial charge in [-0.2, -0.15) is 0 Å². The normalized spacial score (nSPS) is 11.2. The van der Waals surface area contributed by atoms with E-state index in [2.05, 4.69) is 10.6 Å². The number of carbonyl (C=O) groups is 4. The van der Waals surface area contributed by atoms with E-state index in [0.29, 0.717) is 16.1 Å². The lowest BCUT2D eigenvalue weighted by Gasteiger charge is -2.20. The summed E-state index contributed by atoms with van der Waals surface area (Å²) in [6.45, 7) is 7.99. The first-order chi connectivity index (χ1) is 20.4. The molecule has 9 nitrogen and oxygen atoms in total. The molecule has 0 unspecified atom stereocenters. The van der Waals surface area contributed by atoms with Gasteiger partial charge in [-0.05, 0) is 45.7 Å². The highest BCUT2D eigenvalue weighted by Gasteiger charge is 2.29. The number of anilines is 2. The lowest BCUT2D eigenvalue weighted by atomic mass is 10.0. The van der Waals surface area contributed by atoms with Gasteiger partial charge in [-0.15, -0.1) is 22.7 Å². The number of amides is 2. The summed E-state index contributed by atoms with van der Waals surface area (Å²) >= 11 is 2.40. The van der Waals surface area contributed by atoms with Crippen LogP contribution < -0.4 is 10.6 Å². The van der Waals surface area contributed by atoms with Crippen LogP contribution in [0.15, 0.2) is 60.7 Å². The number of rotatable bonds is 10. The molecule has 0 atom stereocenters. The van der Waals surface area contributed by atoms with Crippen molar-refractivity contribution < 1.29 is 33.8 Å². The third-order valence-corrected chi connectivity index (χ3v) is 8.12. The molecule has 0 aliphatic carbocycles. The molecule has 2 heterocycles. The molecule has 0 saturated heterocycles. The predicted molar refractivity (Wildman–Crippen MR) is 169 cm³/mol. The second-order valence-corrected chi connectivity index (χ2v) is 13.1. The number of aryl methyl sites for hydroxylation is 2. The molecule has 2 aromatic carbocycles. The number of hydrogen-bond donors (Lipinski definition) is 3. The molecule has 3 N–H and O–H groups in total. The van der Waals surface area contributed by atoms with Crippen LogP contribution in [0.1, 0.15) is 51.2 Å². The van der Waals surface area contributed by atoms with Crippen LogP contribution in [-0.4, -0.2) is 47.7 Å². The monoisotopic (exact) mass is 620 g/mol.